The molecule has 0 aromatic carbocycles. The number of carbonyl (C=O) groups excluding carboxylic acids is 1. The van der Waals surface area contributed by atoms with Gasteiger partial charge in [0.2, 0.25) is 5.91 Å². The van der Waals surface area contributed by atoms with Crippen molar-refractivity contribution in [2.45, 2.75) is 45.4 Å². The lowest BCUT2D eigenvalue weighted by Crippen LogP contribution is -2.50. The summed E-state index contributed by atoms with van der Waals surface area (Å²) in [4.78, 5) is 25.6. The van der Waals surface area contributed by atoms with Gasteiger partial charge < -0.3 is 25.2 Å². The summed E-state index contributed by atoms with van der Waals surface area (Å²) in [6.07, 6.45) is 8.45. The van der Waals surface area contributed by atoms with Crippen molar-refractivity contribution in [2.75, 3.05) is 64.4 Å². The minimum atomic E-state index is 0.192. The molecule has 178 valence electrons. The molecule has 2 aliphatic rings. The molecule has 1 aliphatic heterocycles. The van der Waals surface area contributed by atoms with E-state index in [1.54, 1.807) is 7.05 Å². The fourth-order valence-electron chi connectivity index (χ4n) is 4.74. The molecule has 1 aromatic heterocycles. The van der Waals surface area contributed by atoms with Crippen molar-refractivity contribution < 1.29 is 9.53 Å². The minimum absolute atomic E-state index is 0.192. The van der Waals surface area contributed by atoms with Crippen LogP contribution in [0.15, 0.2) is 29.4 Å². The Hall–Kier alpha value is -2.35. The van der Waals surface area contributed by atoms with Gasteiger partial charge in [-0.05, 0) is 43.7 Å². The van der Waals surface area contributed by atoms with E-state index in [-0.39, 0.29) is 5.91 Å². The maximum absolute atomic E-state index is 12.7. The number of guanidine groups is 1. The molecule has 0 unspecified atom stereocenters. The molecule has 1 aromatic rings. The van der Waals surface area contributed by atoms with Crippen LogP contribution in [0.3, 0.4) is 0 Å². The molecule has 1 saturated carbocycles. The third-order valence-corrected chi connectivity index (χ3v) is 6.74. The standard InChI is InChI=1S/C24H40N6O2/c1-3-32-19-12-24(10-5-6-11-24)20-28-23(25-2)27-14-9-22(31)30-17-15-29(16-18-30)21-8-4-7-13-26-21/h4,7-8,13H,3,5-6,9-12,14-20H2,1-2H3,(H2,25,27,28). The van der Waals surface area contributed by atoms with Crippen LogP contribution in [0.5, 0.6) is 0 Å². The first-order valence-corrected chi connectivity index (χ1v) is 12.1. The summed E-state index contributed by atoms with van der Waals surface area (Å²) in [7, 11) is 1.79. The Morgan fingerprint density at radius 1 is 1.19 bits per heavy atom. The number of ether oxygens (including phenoxy) is 1. The summed E-state index contributed by atoms with van der Waals surface area (Å²) in [5.74, 6) is 1.95. The summed E-state index contributed by atoms with van der Waals surface area (Å²) >= 11 is 0. The number of aromatic nitrogens is 1. The number of carbonyl (C=O) groups is 1. The van der Waals surface area contributed by atoms with Crippen LogP contribution in [0.2, 0.25) is 0 Å². The highest BCUT2D eigenvalue weighted by atomic mass is 16.5. The van der Waals surface area contributed by atoms with Crippen molar-refractivity contribution in [3.8, 4) is 0 Å². The second-order valence-corrected chi connectivity index (χ2v) is 8.81. The number of hydrogen-bond acceptors (Lipinski definition) is 5. The van der Waals surface area contributed by atoms with Crippen molar-refractivity contribution in [1.29, 1.82) is 0 Å². The van der Waals surface area contributed by atoms with Crippen molar-refractivity contribution in [3.05, 3.63) is 24.4 Å². The number of amides is 1. The van der Waals surface area contributed by atoms with Gasteiger partial charge in [-0.15, -0.1) is 0 Å². The molecular weight excluding hydrogens is 404 g/mol. The summed E-state index contributed by atoms with van der Waals surface area (Å²) in [6, 6.07) is 5.94. The maximum Gasteiger partial charge on any atom is 0.224 e. The van der Waals surface area contributed by atoms with Gasteiger partial charge in [0, 0.05) is 72.1 Å². The number of anilines is 1. The van der Waals surface area contributed by atoms with Crippen LogP contribution in [0.1, 0.15) is 45.4 Å². The highest BCUT2D eigenvalue weighted by molar-refractivity contribution is 5.81. The third kappa shape index (κ3) is 7.08. The van der Waals surface area contributed by atoms with Crippen LogP contribution in [-0.4, -0.2) is 81.3 Å². The molecule has 1 amide bonds. The Kier molecular flexibility index (Phi) is 9.59. The Labute approximate surface area is 192 Å². The lowest BCUT2D eigenvalue weighted by Gasteiger charge is -2.35. The van der Waals surface area contributed by atoms with E-state index < -0.39 is 0 Å². The fraction of sp³-hybridized carbons (Fsp3) is 0.708. The number of nitrogens with one attached hydrogen (secondary N) is 2. The first kappa shape index (κ1) is 24.3. The Morgan fingerprint density at radius 2 is 1.97 bits per heavy atom. The molecule has 8 heteroatoms. The van der Waals surface area contributed by atoms with E-state index in [1.807, 2.05) is 36.2 Å². The van der Waals surface area contributed by atoms with E-state index in [0.29, 0.717) is 18.4 Å². The highest BCUT2D eigenvalue weighted by Crippen LogP contribution is 2.40. The van der Waals surface area contributed by atoms with Crippen molar-refractivity contribution in [2.24, 2.45) is 10.4 Å². The molecule has 2 heterocycles. The van der Waals surface area contributed by atoms with Gasteiger partial charge in [-0.25, -0.2) is 4.98 Å². The fourth-order valence-corrected chi connectivity index (χ4v) is 4.74. The lowest BCUT2D eigenvalue weighted by atomic mass is 9.83. The average molecular weight is 445 g/mol. The molecule has 1 aliphatic carbocycles. The lowest BCUT2D eigenvalue weighted by molar-refractivity contribution is -0.131. The predicted octanol–water partition coefficient (Wildman–Crippen LogP) is 2.27. The third-order valence-electron chi connectivity index (χ3n) is 6.74. The van der Waals surface area contributed by atoms with Crippen LogP contribution >= 0.6 is 0 Å². The summed E-state index contributed by atoms with van der Waals surface area (Å²) in [6.45, 7) is 8.27. The maximum atomic E-state index is 12.7. The number of piperazine rings is 1. The molecule has 2 N–H and O–H groups in total. The monoisotopic (exact) mass is 444 g/mol. The normalized spacial score (nSPS) is 18.6. The number of nitrogens with zero attached hydrogens (tertiary/aromatic N) is 4. The molecule has 8 nitrogen and oxygen atoms in total. The van der Waals surface area contributed by atoms with E-state index in [9.17, 15) is 4.79 Å². The second-order valence-electron chi connectivity index (χ2n) is 8.81. The predicted molar refractivity (Wildman–Crippen MR) is 129 cm³/mol. The van der Waals surface area contributed by atoms with Crippen molar-refractivity contribution in [1.82, 2.24) is 20.5 Å². The number of hydrogen-bond donors (Lipinski definition) is 2. The van der Waals surface area contributed by atoms with Crippen LogP contribution in [0.4, 0.5) is 5.82 Å². The molecule has 0 radical (unpaired) electrons. The zero-order valence-corrected chi connectivity index (χ0v) is 19.8. The zero-order valence-electron chi connectivity index (χ0n) is 19.8. The number of rotatable bonds is 10. The summed E-state index contributed by atoms with van der Waals surface area (Å²) in [5.41, 5.74) is 0.301. The second kappa shape index (κ2) is 12.6. The molecular formula is C24H40N6O2. The molecule has 1 saturated heterocycles. The average Bonchev–Trinajstić information content (AvgIpc) is 3.31. The Bertz CT molecular complexity index is 712. The first-order chi connectivity index (χ1) is 15.7. The van der Waals surface area contributed by atoms with E-state index in [4.69, 9.17) is 4.74 Å². The van der Waals surface area contributed by atoms with Crippen LogP contribution < -0.4 is 15.5 Å². The zero-order chi connectivity index (χ0) is 22.7. The van der Waals surface area contributed by atoms with Gasteiger partial charge in [0.15, 0.2) is 5.96 Å². The van der Waals surface area contributed by atoms with E-state index >= 15 is 0 Å². The van der Waals surface area contributed by atoms with Crippen LogP contribution in [0, 0.1) is 5.41 Å². The molecule has 0 bridgehead atoms. The van der Waals surface area contributed by atoms with Gasteiger partial charge in [-0.1, -0.05) is 18.9 Å². The van der Waals surface area contributed by atoms with Crippen molar-refractivity contribution in [3.63, 3.8) is 0 Å². The Morgan fingerprint density at radius 3 is 2.62 bits per heavy atom. The van der Waals surface area contributed by atoms with Gasteiger partial charge in [-0.2, -0.15) is 0 Å². The minimum Gasteiger partial charge on any atom is -0.382 e. The highest BCUT2D eigenvalue weighted by Gasteiger charge is 2.33. The van der Waals surface area contributed by atoms with E-state index in [0.717, 1.165) is 64.1 Å². The van der Waals surface area contributed by atoms with E-state index in [2.05, 4.69) is 25.5 Å². The molecule has 3 rings (SSSR count). The van der Waals surface area contributed by atoms with Crippen LogP contribution in [0.25, 0.3) is 0 Å². The van der Waals surface area contributed by atoms with E-state index in [1.165, 1.54) is 25.7 Å². The topological polar surface area (TPSA) is 82.1 Å². The summed E-state index contributed by atoms with van der Waals surface area (Å²) < 4.78 is 5.61. The molecule has 2 fully saturated rings. The van der Waals surface area contributed by atoms with Gasteiger partial charge in [-0.3, -0.25) is 9.79 Å². The van der Waals surface area contributed by atoms with Crippen molar-refractivity contribution >= 4 is 17.7 Å². The smallest absolute Gasteiger partial charge is 0.224 e. The molecule has 32 heavy (non-hydrogen) atoms. The largest absolute Gasteiger partial charge is 0.382 e. The van der Waals surface area contributed by atoms with Gasteiger partial charge in [0.25, 0.3) is 0 Å². The van der Waals surface area contributed by atoms with Gasteiger partial charge in [0.05, 0.1) is 0 Å². The van der Waals surface area contributed by atoms with Crippen LogP contribution in [-0.2, 0) is 9.53 Å². The van der Waals surface area contributed by atoms with Gasteiger partial charge >= 0.3 is 0 Å². The van der Waals surface area contributed by atoms with Gasteiger partial charge in [0.1, 0.15) is 5.82 Å². The molecule has 0 atom stereocenters. The number of pyridine rings is 1. The molecule has 0 spiro atoms. The summed E-state index contributed by atoms with van der Waals surface area (Å²) in [5, 5.41) is 6.82. The number of aliphatic imine (C=N–C) groups is 1. The first-order valence-electron chi connectivity index (χ1n) is 12.1. The SMILES string of the molecule is CCOCCC1(CNC(=NC)NCCC(=O)N2CCN(c3ccccn3)CC2)CCCC1. The quantitative estimate of drug-likeness (QED) is 0.327. The Balaban J connectivity index is 1.36.